The molecule has 0 amide bonds. The maximum atomic E-state index is 10.6. The highest BCUT2D eigenvalue weighted by Crippen LogP contribution is 2.35. The maximum absolute atomic E-state index is 10.6. The molecule has 0 saturated heterocycles. The highest BCUT2D eigenvalue weighted by molar-refractivity contribution is 9.10. The molecule has 2 aromatic rings. The van der Waals surface area contributed by atoms with Crippen molar-refractivity contribution in [2.24, 2.45) is 0 Å². The number of carbonyl (C=O) groups excluding carboxylic acids is 1. The van der Waals surface area contributed by atoms with E-state index in [1.165, 1.54) is 11.8 Å². The van der Waals surface area contributed by atoms with Gasteiger partial charge < -0.3 is 0 Å². The van der Waals surface area contributed by atoms with E-state index in [0.717, 1.165) is 20.7 Å². The van der Waals surface area contributed by atoms with Gasteiger partial charge in [-0.2, -0.15) is 0 Å². The minimum absolute atomic E-state index is 0.615. The number of pyridine rings is 1. The lowest BCUT2D eigenvalue weighted by Gasteiger charge is -2.05. The second kappa shape index (κ2) is 5.67. The molecule has 86 valence electrons. The summed E-state index contributed by atoms with van der Waals surface area (Å²) < 4.78 is 0.855. The van der Waals surface area contributed by atoms with Gasteiger partial charge in [0, 0.05) is 21.1 Å². The van der Waals surface area contributed by atoms with Crippen molar-refractivity contribution in [3.8, 4) is 0 Å². The van der Waals surface area contributed by atoms with Crippen LogP contribution in [0.1, 0.15) is 10.4 Å². The minimum Gasteiger partial charge on any atom is -0.298 e. The molecule has 0 aliphatic heterocycles. The van der Waals surface area contributed by atoms with E-state index in [0.29, 0.717) is 10.6 Å². The van der Waals surface area contributed by atoms with E-state index < -0.39 is 0 Å². The molecule has 0 radical (unpaired) electrons. The number of aromatic nitrogens is 1. The summed E-state index contributed by atoms with van der Waals surface area (Å²) in [5.41, 5.74) is 0.633. The van der Waals surface area contributed by atoms with Gasteiger partial charge in [-0.1, -0.05) is 29.4 Å². The van der Waals surface area contributed by atoms with E-state index in [2.05, 4.69) is 20.9 Å². The van der Waals surface area contributed by atoms with Crippen molar-refractivity contribution in [2.75, 3.05) is 0 Å². The molecule has 1 aromatic carbocycles. The van der Waals surface area contributed by atoms with Gasteiger partial charge in [0.05, 0.1) is 5.02 Å². The van der Waals surface area contributed by atoms with E-state index in [4.69, 9.17) is 11.6 Å². The molecule has 0 bridgehead atoms. The number of carbonyl (C=O) groups is 1. The Bertz CT molecular complexity index is 562. The third kappa shape index (κ3) is 3.09. The topological polar surface area (TPSA) is 30.0 Å². The summed E-state index contributed by atoms with van der Waals surface area (Å²) in [6.07, 6.45) is 2.51. The van der Waals surface area contributed by atoms with Crippen molar-refractivity contribution in [3.63, 3.8) is 0 Å². The second-order valence-corrected chi connectivity index (χ2v) is 5.49. The van der Waals surface area contributed by atoms with Gasteiger partial charge in [-0.05, 0) is 40.2 Å². The first-order valence-corrected chi connectivity index (χ1v) is 6.72. The molecule has 0 aliphatic carbocycles. The van der Waals surface area contributed by atoms with Crippen molar-refractivity contribution >= 4 is 45.6 Å². The van der Waals surface area contributed by atoms with Crippen molar-refractivity contribution in [1.82, 2.24) is 4.98 Å². The molecule has 0 saturated carbocycles. The Hall–Kier alpha value is -0.840. The van der Waals surface area contributed by atoms with Crippen molar-refractivity contribution in [2.45, 2.75) is 9.92 Å². The van der Waals surface area contributed by atoms with Gasteiger partial charge in [0.1, 0.15) is 11.3 Å². The first kappa shape index (κ1) is 12.6. The van der Waals surface area contributed by atoms with Crippen LogP contribution in [0.15, 0.2) is 50.9 Å². The zero-order chi connectivity index (χ0) is 12.3. The van der Waals surface area contributed by atoms with Gasteiger partial charge in [-0.15, -0.1) is 0 Å². The highest BCUT2D eigenvalue weighted by Gasteiger charge is 2.07. The lowest BCUT2D eigenvalue weighted by Crippen LogP contribution is -1.84. The van der Waals surface area contributed by atoms with Gasteiger partial charge in [0.2, 0.25) is 0 Å². The second-order valence-electron chi connectivity index (χ2n) is 3.20. The van der Waals surface area contributed by atoms with Crippen LogP contribution in [0.2, 0.25) is 5.02 Å². The lowest BCUT2D eigenvalue weighted by atomic mass is 10.2. The Morgan fingerprint density at radius 2 is 2.18 bits per heavy atom. The van der Waals surface area contributed by atoms with Crippen LogP contribution in [-0.2, 0) is 0 Å². The third-order valence-electron chi connectivity index (χ3n) is 2.02. The van der Waals surface area contributed by atoms with E-state index in [1.54, 1.807) is 30.5 Å². The maximum Gasteiger partial charge on any atom is 0.150 e. The number of benzene rings is 1. The van der Waals surface area contributed by atoms with Gasteiger partial charge in [-0.3, -0.25) is 4.79 Å². The minimum atomic E-state index is 0.615. The molecule has 0 unspecified atom stereocenters. The van der Waals surface area contributed by atoms with Crippen molar-refractivity contribution < 1.29 is 4.79 Å². The standard InChI is InChI=1S/C12H7BrClNOS/c13-9-6-8(7-16)3-4-11(9)17-12-10(14)2-1-5-15-12/h1-7H. The lowest BCUT2D eigenvalue weighted by molar-refractivity contribution is 0.112. The summed E-state index contributed by atoms with van der Waals surface area (Å²) in [7, 11) is 0. The number of nitrogens with zero attached hydrogens (tertiary/aromatic N) is 1. The fraction of sp³-hybridized carbons (Fsp3) is 0. The van der Waals surface area contributed by atoms with E-state index in [-0.39, 0.29) is 0 Å². The fourth-order valence-corrected chi connectivity index (χ4v) is 2.88. The van der Waals surface area contributed by atoms with Crippen LogP contribution >= 0.6 is 39.3 Å². The summed E-state index contributed by atoms with van der Waals surface area (Å²) in [6, 6.07) is 8.98. The van der Waals surface area contributed by atoms with E-state index in [9.17, 15) is 4.79 Å². The highest BCUT2D eigenvalue weighted by atomic mass is 79.9. The molecule has 1 heterocycles. The summed E-state index contributed by atoms with van der Waals surface area (Å²) in [5, 5.41) is 1.36. The first-order valence-electron chi connectivity index (χ1n) is 4.74. The van der Waals surface area contributed by atoms with Gasteiger partial charge in [0.15, 0.2) is 0 Å². The quantitative estimate of drug-likeness (QED) is 0.779. The molecule has 0 aliphatic rings. The van der Waals surface area contributed by atoms with E-state index >= 15 is 0 Å². The fourth-order valence-electron chi connectivity index (χ4n) is 1.22. The van der Waals surface area contributed by atoms with Crippen molar-refractivity contribution in [1.29, 1.82) is 0 Å². The number of aldehydes is 1. The summed E-state index contributed by atoms with van der Waals surface area (Å²) in [5.74, 6) is 0. The van der Waals surface area contributed by atoms with Crippen LogP contribution in [0.3, 0.4) is 0 Å². The zero-order valence-corrected chi connectivity index (χ0v) is 11.7. The predicted octanol–water partition coefficient (Wildman–Crippen LogP) is 4.46. The molecule has 0 atom stereocenters. The SMILES string of the molecule is O=Cc1ccc(Sc2ncccc2Cl)c(Br)c1. The molecule has 17 heavy (non-hydrogen) atoms. The van der Waals surface area contributed by atoms with Crippen LogP contribution in [-0.4, -0.2) is 11.3 Å². The Kier molecular flexibility index (Phi) is 4.20. The van der Waals surface area contributed by atoms with Crippen molar-refractivity contribution in [3.05, 3.63) is 51.6 Å². The van der Waals surface area contributed by atoms with Crippen LogP contribution in [0, 0.1) is 0 Å². The Morgan fingerprint density at radius 1 is 1.35 bits per heavy atom. The smallest absolute Gasteiger partial charge is 0.150 e. The van der Waals surface area contributed by atoms with Crippen LogP contribution < -0.4 is 0 Å². The monoisotopic (exact) mass is 327 g/mol. The zero-order valence-electron chi connectivity index (χ0n) is 8.56. The molecule has 0 N–H and O–H groups in total. The third-order valence-corrected chi connectivity index (χ3v) is 4.45. The molecule has 2 rings (SSSR count). The molecule has 5 heteroatoms. The Labute approximate surface area is 117 Å². The summed E-state index contributed by atoms with van der Waals surface area (Å²) in [4.78, 5) is 15.8. The predicted molar refractivity (Wildman–Crippen MR) is 72.9 cm³/mol. The van der Waals surface area contributed by atoms with Crippen LogP contribution in [0.25, 0.3) is 0 Å². The number of halogens is 2. The molecule has 2 nitrogen and oxygen atoms in total. The van der Waals surface area contributed by atoms with Gasteiger partial charge in [0.25, 0.3) is 0 Å². The number of hydrogen-bond donors (Lipinski definition) is 0. The van der Waals surface area contributed by atoms with Gasteiger partial charge in [-0.25, -0.2) is 4.98 Å². The molecule has 0 fully saturated rings. The average Bonchev–Trinajstić information content (AvgIpc) is 2.34. The summed E-state index contributed by atoms with van der Waals surface area (Å²) in [6.45, 7) is 0. The number of rotatable bonds is 3. The number of hydrogen-bond acceptors (Lipinski definition) is 3. The first-order chi connectivity index (χ1) is 8.20. The molecule has 1 aromatic heterocycles. The van der Waals surface area contributed by atoms with Crippen LogP contribution in [0.4, 0.5) is 0 Å². The Balaban J connectivity index is 2.31. The molecular formula is C12H7BrClNOS. The molecular weight excluding hydrogens is 322 g/mol. The Morgan fingerprint density at radius 3 is 2.82 bits per heavy atom. The largest absolute Gasteiger partial charge is 0.298 e. The van der Waals surface area contributed by atoms with Gasteiger partial charge >= 0.3 is 0 Å². The van der Waals surface area contributed by atoms with E-state index in [1.807, 2.05) is 6.07 Å². The summed E-state index contributed by atoms with van der Waals surface area (Å²) >= 11 is 10.9. The molecule has 0 spiro atoms. The average molecular weight is 329 g/mol. The normalized spacial score (nSPS) is 10.2. The van der Waals surface area contributed by atoms with Crippen LogP contribution in [0.5, 0.6) is 0 Å².